The van der Waals surface area contributed by atoms with Gasteiger partial charge in [-0.2, -0.15) is 0 Å². The average Bonchev–Trinajstić information content (AvgIpc) is 2.08. The van der Waals surface area contributed by atoms with Crippen LogP contribution in [0.25, 0.3) is 0 Å². The van der Waals surface area contributed by atoms with E-state index < -0.39 is 0 Å². The lowest BCUT2D eigenvalue weighted by molar-refractivity contribution is -0.138. The summed E-state index contributed by atoms with van der Waals surface area (Å²) in [5, 5.41) is 0. The van der Waals surface area contributed by atoms with Gasteiger partial charge in [0.1, 0.15) is 6.10 Å². The molecular weight excluding hydrogens is 164 g/mol. The SMILES string of the molecule is CC(C)[C@@H]1CC[C@H](C)[C@H](OC=O)C1. The van der Waals surface area contributed by atoms with Gasteiger partial charge in [0, 0.05) is 0 Å². The standard InChI is InChI=1S/C11H20O2/c1-8(2)10-5-4-9(3)11(6-10)13-7-12/h7-11H,4-6H2,1-3H3/t9-,10+,11+/m0/s1. The molecule has 1 rings (SSSR count). The predicted octanol–water partition coefficient (Wildman–Crippen LogP) is 2.62. The number of rotatable bonds is 3. The smallest absolute Gasteiger partial charge is 0.293 e. The summed E-state index contributed by atoms with van der Waals surface area (Å²) in [5.41, 5.74) is 0. The van der Waals surface area contributed by atoms with Crippen molar-refractivity contribution >= 4 is 6.47 Å². The summed E-state index contributed by atoms with van der Waals surface area (Å²) >= 11 is 0. The first-order valence-electron chi connectivity index (χ1n) is 5.24. The van der Waals surface area contributed by atoms with Crippen LogP contribution in [-0.4, -0.2) is 12.6 Å². The van der Waals surface area contributed by atoms with Gasteiger partial charge < -0.3 is 4.74 Å². The first-order chi connectivity index (χ1) is 6.15. The van der Waals surface area contributed by atoms with Crippen LogP contribution in [0.1, 0.15) is 40.0 Å². The highest BCUT2D eigenvalue weighted by molar-refractivity contribution is 5.37. The van der Waals surface area contributed by atoms with Crippen molar-refractivity contribution in [3.05, 3.63) is 0 Å². The number of carbonyl (C=O) groups is 1. The van der Waals surface area contributed by atoms with E-state index in [4.69, 9.17) is 4.74 Å². The minimum absolute atomic E-state index is 0.165. The molecule has 0 unspecified atom stereocenters. The Labute approximate surface area is 80.7 Å². The van der Waals surface area contributed by atoms with Crippen LogP contribution in [0.3, 0.4) is 0 Å². The number of hydrogen-bond donors (Lipinski definition) is 0. The molecule has 0 bridgehead atoms. The largest absolute Gasteiger partial charge is 0.464 e. The Balaban J connectivity index is 2.47. The zero-order chi connectivity index (χ0) is 9.84. The molecule has 0 heterocycles. The second-order valence-corrected chi connectivity index (χ2v) is 4.57. The molecule has 1 saturated carbocycles. The molecule has 0 aromatic carbocycles. The van der Waals surface area contributed by atoms with Crippen LogP contribution in [-0.2, 0) is 9.53 Å². The molecule has 0 saturated heterocycles. The Kier molecular flexibility index (Phi) is 3.76. The number of ether oxygens (including phenoxy) is 1. The summed E-state index contributed by atoms with van der Waals surface area (Å²) < 4.78 is 5.09. The van der Waals surface area contributed by atoms with Gasteiger partial charge >= 0.3 is 0 Å². The quantitative estimate of drug-likeness (QED) is 0.630. The van der Waals surface area contributed by atoms with Gasteiger partial charge in [0.05, 0.1) is 0 Å². The number of carbonyl (C=O) groups excluding carboxylic acids is 1. The van der Waals surface area contributed by atoms with Gasteiger partial charge in [-0.25, -0.2) is 0 Å². The highest BCUT2D eigenvalue weighted by Gasteiger charge is 2.30. The fourth-order valence-electron chi connectivity index (χ4n) is 2.18. The van der Waals surface area contributed by atoms with Crippen LogP contribution in [0.5, 0.6) is 0 Å². The van der Waals surface area contributed by atoms with Gasteiger partial charge in [0.2, 0.25) is 0 Å². The molecule has 2 nitrogen and oxygen atoms in total. The molecule has 0 radical (unpaired) electrons. The van der Waals surface area contributed by atoms with E-state index in [0.717, 1.165) is 12.3 Å². The summed E-state index contributed by atoms with van der Waals surface area (Å²) in [6, 6.07) is 0. The predicted molar refractivity (Wildman–Crippen MR) is 52.3 cm³/mol. The molecule has 0 N–H and O–H groups in total. The molecule has 3 atom stereocenters. The van der Waals surface area contributed by atoms with Crippen LogP contribution in [0.2, 0.25) is 0 Å². The maximum atomic E-state index is 10.3. The van der Waals surface area contributed by atoms with Gasteiger partial charge in [0.25, 0.3) is 6.47 Å². The maximum absolute atomic E-state index is 10.3. The van der Waals surface area contributed by atoms with Crippen molar-refractivity contribution < 1.29 is 9.53 Å². The van der Waals surface area contributed by atoms with Crippen molar-refractivity contribution in [1.29, 1.82) is 0 Å². The zero-order valence-electron chi connectivity index (χ0n) is 8.82. The zero-order valence-corrected chi connectivity index (χ0v) is 8.82. The van der Waals surface area contributed by atoms with E-state index in [0.29, 0.717) is 18.3 Å². The molecule has 76 valence electrons. The summed E-state index contributed by atoms with van der Waals surface area (Å²) in [6.07, 6.45) is 3.70. The fourth-order valence-corrected chi connectivity index (χ4v) is 2.18. The Morgan fingerprint density at radius 3 is 2.62 bits per heavy atom. The van der Waals surface area contributed by atoms with E-state index in [2.05, 4.69) is 20.8 Å². The van der Waals surface area contributed by atoms with Gasteiger partial charge in [-0.1, -0.05) is 20.8 Å². The van der Waals surface area contributed by atoms with Crippen molar-refractivity contribution in [1.82, 2.24) is 0 Å². The van der Waals surface area contributed by atoms with Gasteiger partial charge in [-0.15, -0.1) is 0 Å². The minimum atomic E-state index is 0.165. The van der Waals surface area contributed by atoms with Crippen molar-refractivity contribution in [3.8, 4) is 0 Å². The first-order valence-corrected chi connectivity index (χ1v) is 5.24. The highest BCUT2D eigenvalue weighted by Crippen LogP contribution is 2.34. The van der Waals surface area contributed by atoms with Crippen LogP contribution in [0, 0.1) is 17.8 Å². The van der Waals surface area contributed by atoms with E-state index in [1.807, 2.05) is 0 Å². The normalized spacial score (nSPS) is 34.6. The molecule has 0 amide bonds. The maximum Gasteiger partial charge on any atom is 0.293 e. The monoisotopic (exact) mass is 184 g/mol. The molecule has 2 heteroatoms. The van der Waals surface area contributed by atoms with Crippen molar-refractivity contribution in [2.24, 2.45) is 17.8 Å². The Morgan fingerprint density at radius 2 is 2.08 bits per heavy atom. The van der Waals surface area contributed by atoms with Gasteiger partial charge in [-0.3, -0.25) is 4.79 Å². The summed E-state index contributed by atoms with van der Waals surface area (Å²) in [7, 11) is 0. The molecular formula is C11H20O2. The van der Waals surface area contributed by atoms with E-state index in [-0.39, 0.29) is 6.10 Å². The molecule has 13 heavy (non-hydrogen) atoms. The minimum Gasteiger partial charge on any atom is -0.464 e. The first kappa shape index (κ1) is 10.6. The molecule has 0 spiro atoms. The lowest BCUT2D eigenvalue weighted by Gasteiger charge is -2.34. The van der Waals surface area contributed by atoms with E-state index in [1.165, 1.54) is 12.8 Å². The third-order valence-corrected chi connectivity index (χ3v) is 3.34. The van der Waals surface area contributed by atoms with Gasteiger partial charge in [-0.05, 0) is 37.0 Å². The lowest BCUT2D eigenvalue weighted by Crippen LogP contribution is -2.31. The second-order valence-electron chi connectivity index (χ2n) is 4.57. The van der Waals surface area contributed by atoms with E-state index in [9.17, 15) is 4.79 Å². The summed E-state index contributed by atoms with van der Waals surface area (Å²) in [4.78, 5) is 10.3. The van der Waals surface area contributed by atoms with Crippen LogP contribution >= 0.6 is 0 Å². The average molecular weight is 184 g/mol. The van der Waals surface area contributed by atoms with Crippen molar-refractivity contribution in [3.63, 3.8) is 0 Å². The molecule has 0 aliphatic heterocycles. The Bertz CT molecular complexity index is 165. The fraction of sp³-hybridized carbons (Fsp3) is 0.909. The Morgan fingerprint density at radius 1 is 1.38 bits per heavy atom. The van der Waals surface area contributed by atoms with Crippen LogP contribution < -0.4 is 0 Å². The summed E-state index contributed by atoms with van der Waals surface area (Å²) in [6.45, 7) is 7.27. The molecule has 1 aliphatic rings. The topological polar surface area (TPSA) is 26.3 Å². The lowest BCUT2D eigenvalue weighted by atomic mass is 9.76. The molecule has 0 aromatic rings. The molecule has 1 fully saturated rings. The van der Waals surface area contributed by atoms with E-state index in [1.54, 1.807) is 0 Å². The third kappa shape index (κ3) is 2.71. The third-order valence-electron chi connectivity index (χ3n) is 3.34. The van der Waals surface area contributed by atoms with Crippen LogP contribution in [0.4, 0.5) is 0 Å². The Hall–Kier alpha value is -0.530. The highest BCUT2D eigenvalue weighted by atomic mass is 16.5. The van der Waals surface area contributed by atoms with Crippen molar-refractivity contribution in [2.45, 2.75) is 46.1 Å². The van der Waals surface area contributed by atoms with Crippen molar-refractivity contribution in [2.75, 3.05) is 0 Å². The summed E-state index contributed by atoms with van der Waals surface area (Å²) in [5.74, 6) is 1.99. The second kappa shape index (κ2) is 4.64. The molecule has 1 aliphatic carbocycles. The van der Waals surface area contributed by atoms with Gasteiger partial charge in [0.15, 0.2) is 0 Å². The van der Waals surface area contributed by atoms with Crippen LogP contribution in [0.15, 0.2) is 0 Å². The number of hydrogen-bond acceptors (Lipinski definition) is 2. The molecule has 0 aromatic heterocycles. The van der Waals surface area contributed by atoms with E-state index >= 15 is 0 Å².